The van der Waals surface area contributed by atoms with Crippen molar-refractivity contribution in [3.05, 3.63) is 29.8 Å². The molecule has 0 heterocycles. The summed E-state index contributed by atoms with van der Waals surface area (Å²) in [5, 5.41) is 14.2. The van der Waals surface area contributed by atoms with Gasteiger partial charge in [-0.15, -0.1) is 0 Å². The minimum Gasteiger partial charge on any atom is -0.481 e. The smallest absolute Gasteiger partial charge is 0.303 e. The third-order valence-electron chi connectivity index (χ3n) is 3.04. The van der Waals surface area contributed by atoms with Crippen LogP contribution < -0.4 is 10.6 Å². The monoisotopic (exact) mass is 306 g/mol. The molecule has 6 nitrogen and oxygen atoms in total. The third kappa shape index (κ3) is 5.95. The van der Waals surface area contributed by atoms with Crippen LogP contribution in [0.2, 0.25) is 0 Å². The van der Waals surface area contributed by atoms with Gasteiger partial charge in [-0.3, -0.25) is 14.4 Å². The summed E-state index contributed by atoms with van der Waals surface area (Å²) in [7, 11) is 0. The standard InChI is InChI=1S/C16H22N2O4/c1-4-17-15(22)11-5-7-12(8-6-11)18-13(19)9-16(2,3)10-14(20)21/h5-8H,4,9-10H2,1-3H3,(H,17,22)(H,18,19)(H,20,21). The number of carboxylic acids is 1. The molecule has 3 N–H and O–H groups in total. The van der Waals surface area contributed by atoms with Gasteiger partial charge in [0, 0.05) is 24.2 Å². The minimum absolute atomic E-state index is 0.0729. The molecule has 0 saturated carbocycles. The van der Waals surface area contributed by atoms with Crippen LogP contribution in [0.4, 0.5) is 5.69 Å². The lowest BCUT2D eigenvalue weighted by Gasteiger charge is -2.21. The molecule has 1 aromatic rings. The molecule has 1 rings (SSSR count). The van der Waals surface area contributed by atoms with Gasteiger partial charge < -0.3 is 15.7 Å². The molecule has 0 radical (unpaired) electrons. The number of hydrogen-bond donors (Lipinski definition) is 3. The zero-order valence-corrected chi connectivity index (χ0v) is 13.1. The Morgan fingerprint density at radius 2 is 1.68 bits per heavy atom. The Balaban J connectivity index is 2.62. The molecular weight excluding hydrogens is 284 g/mol. The summed E-state index contributed by atoms with van der Waals surface area (Å²) in [6.07, 6.45) is 0.0356. The number of hydrogen-bond acceptors (Lipinski definition) is 3. The molecule has 0 aromatic heterocycles. The fourth-order valence-corrected chi connectivity index (χ4v) is 2.08. The number of amides is 2. The molecule has 0 fully saturated rings. The molecule has 120 valence electrons. The largest absolute Gasteiger partial charge is 0.481 e. The normalized spacial score (nSPS) is 10.9. The first-order valence-electron chi connectivity index (χ1n) is 7.13. The van der Waals surface area contributed by atoms with E-state index in [1.807, 2.05) is 6.92 Å². The van der Waals surface area contributed by atoms with Crippen molar-refractivity contribution in [3.8, 4) is 0 Å². The summed E-state index contributed by atoms with van der Waals surface area (Å²) in [6, 6.07) is 6.55. The molecule has 2 amide bonds. The van der Waals surface area contributed by atoms with Gasteiger partial charge in [0.2, 0.25) is 5.91 Å². The Morgan fingerprint density at radius 1 is 1.09 bits per heavy atom. The number of nitrogens with one attached hydrogen (secondary N) is 2. The number of aliphatic carboxylic acids is 1. The van der Waals surface area contributed by atoms with Gasteiger partial charge in [0.05, 0.1) is 6.42 Å². The summed E-state index contributed by atoms with van der Waals surface area (Å²) >= 11 is 0. The van der Waals surface area contributed by atoms with Crippen LogP contribution in [0.1, 0.15) is 44.0 Å². The highest BCUT2D eigenvalue weighted by molar-refractivity contribution is 5.95. The van der Waals surface area contributed by atoms with Gasteiger partial charge in [0.15, 0.2) is 0 Å². The van der Waals surface area contributed by atoms with E-state index < -0.39 is 11.4 Å². The van der Waals surface area contributed by atoms with Gasteiger partial charge in [-0.05, 0) is 36.6 Å². The van der Waals surface area contributed by atoms with Crippen molar-refractivity contribution in [1.29, 1.82) is 0 Å². The highest BCUT2D eigenvalue weighted by atomic mass is 16.4. The summed E-state index contributed by atoms with van der Waals surface area (Å²) in [4.78, 5) is 34.3. The maximum Gasteiger partial charge on any atom is 0.303 e. The number of rotatable bonds is 7. The molecule has 6 heteroatoms. The second kappa shape index (κ2) is 7.59. The molecule has 0 aliphatic rings. The molecule has 0 spiro atoms. The Bertz CT molecular complexity index is 550. The average molecular weight is 306 g/mol. The van der Waals surface area contributed by atoms with E-state index in [-0.39, 0.29) is 24.7 Å². The van der Waals surface area contributed by atoms with Crippen molar-refractivity contribution in [1.82, 2.24) is 5.32 Å². The van der Waals surface area contributed by atoms with Gasteiger partial charge in [0.1, 0.15) is 0 Å². The molecule has 22 heavy (non-hydrogen) atoms. The number of carbonyl (C=O) groups excluding carboxylic acids is 2. The molecule has 0 unspecified atom stereocenters. The van der Waals surface area contributed by atoms with Crippen LogP contribution in [-0.4, -0.2) is 29.4 Å². The van der Waals surface area contributed by atoms with Crippen molar-refractivity contribution in [2.45, 2.75) is 33.6 Å². The van der Waals surface area contributed by atoms with Gasteiger partial charge >= 0.3 is 5.97 Å². The van der Waals surface area contributed by atoms with E-state index in [1.54, 1.807) is 38.1 Å². The summed E-state index contributed by atoms with van der Waals surface area (Å²) in [5.74, 6) is -1.34. The van der Waals surface area contributed by atoms with Crippen LogP contribution in [0, 0.1) is 5.41 Å². The number of carboxylic acid groups (broad SMARTS) is 1. The number of anilines is 1. The Kier molecular flexibility index (Phi) is 6.10. The lowest BCUT2D eigenvalue weighted by molar-refractivity contribution is -0.139. The number of benzene rings is 1. The third-order valence-corrected chi connectivity index (χ3v) is 3.04. The first-order chi connectivity index (χ1) is 10.2. The highest BCUT2D eigenvalue weighted by Gasteiger charge is 2.25. The first-order valence-corrected chi connectivity index (χ1v) is 7.13. The van der Waals surface area contributed by atoms with Crippen molar-refractivity contribution in [2.24, 2.45) is 5.41 Å². The van der Waals surface area contributed by atoms with Gasteiger partial charge in [-0.1, -0.05) is 13.8 Å². The summed E-state index contributed by atoms with van der Waals surface area (Å²) < 4.78 is 0. The lowest BCUT2D eigenvalue weighted by Crippen LogP contribution is -2.25. The molecule has 0 bridgehead atoms. The minimum atomic E-state index is -0.927. The maximum atomic E-state index is 11.9. The molecular formula is C16H22N2O4. The second-order valence-corrected chi connectivity index (χ2v) is 5.90. The fourth-order valence-electron chi connectivity index (χ4n) is 2.08. The fraction of sp³-hybridized carbons (Fsp3) is 0.438. The van der Waals surface area contributed by atoms with Crippen LogP contribution in [0.15, 0.2) is 24.3 Å². The van der Waals surface area contributed by atoms with E-state index in [0.29, 0.717) is 17.8 Å². The highest BCUT2D eigenvalue weighted by Crippen LogP contribution is 2.25. The summed E-state index contributed by atoms with van der Waals surface area (Å²) in [5.41, 5.74) is 0.479. The van der Waals surface area contributed by atoms with E-state index in [1.165, 1.54) is 0 Å². The van der Waals surface area contributed by atoms with Crippen LogP contribution in [0.5, 0.6) is 0 Å². The van der Waals surface area contributed by atoms with Crippen LogP contribution in [-0.2, 0) is 9.59 Å². The lowest BCUT2D eigenvalue weighted by atomic mass is 9.85. The quantitative estimate of drug-likeness (QED) is 0.720. The molecule has 0 saturated heterocycles. The zero-order chi connectivity index (χ0) is 16.8. The Hall–Kier alpha value is -2.37. The molecule has 0 aliphatic carbocycles. The molecule has 0 aliphatic heterocycles. The maximum absolute atomic E-state index is 11.9. The summed E-state index contributed by atoms with van der Waals surface area (Å²) in [6.45, 7) is 5.86. The Morgan fingerprint density at radius 3 is 2.18 bits per heavy atom. The van der Waals surface area contributed by atoms with Crippen LogP contribution >= 0.6 is 0 Å². The van der Waals surface area contributed by atoms with E-state index in [0.717, 1.165) is 0 Å². The van der Waals surface area contributed by atoms with E-state index in [9.17, 15) is 14.4 Å². The van der Waals surface area contributed by atoms with Gasteiger partial charge in [-0.25, -0.2) is 0 Å². The molecule has 0 atom stereocenters. The predicted octanol–water partition coefficient (Wildman–Crippen LogP) is 2.27. The second-order valence-electron chi connectivity index (χ2n) is 5.90. The van der Waals surface area contributed by atoms with Gasteiger partial charge in [0.25, 0.3) is 5.91 Å². The van der Waals surface area contributed by atoms with Crippen molar-refractivity contribution in [2.75, 3.05) is 11.9 Å². The van der Waals surface area contributed by atoms with E-state index >= 15 is 0 Å². The van der Waals surface area contributed by atoms with Crippen LogP contribution in [0.3, 0.4) is 0 Å². The number of carbonyl (C=O) groups is 3. The Labute approximate surface area is 129 Å². The molecule has 1 aromatic carbocycles. The van der Waals surface area contributed by atoms with Gasteiger partial charge in [-0.2, -0.15) is 0 Å². The van der Waals surface area contributed by atoms with E-state index in [4.69, 9.17) is 5.11 Å². The van der Waals surface area contributed by atoms with Crippen molar-refractivity contribution < 1.29 is 19.5 Å². The van der Waals surface area contributed by atoms with E-state index in [2.05, 4.69) is 10.6 Å². The average Bonchev–Trinajstić information content (AvgIpc) is 2.37. The van der Waals surface area contributed by atoms with Crippen molar-refractivity contribution in [3.63, 3.8) is 0 Å². The van der Waals surface area contributed by atoms with Crippen molar-refractivity contribution >= 4 is 23.5 Å². The zero-order valence-electron chi connectivity index (χ0n) is 13.1. The SMILES string of the molecule is CCNC(=O)c1ccc(NC(=O)CC(C)(C)CC(=O)O)cc1. The topological polar surface area (TPSA) is 95.5 Å². The predicted molar refractivity (Wildman–Crippen MR) is 83.7 cm³/mol. The first kappa shape index (κ1) is 17.7. The van der Waals surface area contributed by atoms with Crippen LogP contribution in [0.25, 0.3) is 0 Å².